The molecule has 2 rings (SSSR count). The first-order chi connectivity index (χ1) is 6.70. The summed E-state index contributed by atoms with van der Waals surface area (Å²) < 4.78 is 0. The average molecular weight is 190 g/mol. The molecule has 1 aromatic carbocycles. The monoisotopic (exact) mass is 190 g/mol. The second-order valence-corrected chi connectivity index (χ2v) is 3.67. The van der Waals surface area contributed by atoms with Gasteiger partial charge in [-0.15, -0.1) is 0 Å². The summed E-state index contributed by atoms with van der Waals surface area (Å²) in [6.07, 6.45) is 1.62. The Labute approximate surface area is 83.5 Å². The van der Waals surface area contributed by atoms with Crippen molar-refractivity contribution in [3.8, 4) is 0 Å². The maximum absolute atomic E-state index is 11.7. The van der Waals surface area contributed by atoms with Gasteiger partial charge in [0.2, 0.25) is 5.91 Å². The highest BCUT2D eigenvalue weighted by Crippen LogP contribution is 2.24. The summed E-state index contributed by atoms with van der Waals surface area (Å²) in [6, 6.07) is 7.60. The van der Waals surface area contributed by atoms with Crippen LogP contribution in [0.1, 0.15) is 12.0 Å². The Morgan fingerprint density at radius 3 is 2.93 bits per heavy atom. The molecule has 0 saturated heterocycles. The van der Waals surface area contributed by atoms with E-state index < -0.39 is 0 Å². The van der Waals surface area contributed by atoms with Crippen molar-refractivity contribution in [2.24, 2.45) is 5.73 Å². The Balaban J connectivity index is 2.45. The quantitative estimate of drug-likeness (QED) is 0.661. The van der Waals surface area contributed by atoms with Crippen molar-refractivity contribution in [2.75, 3.05) is 11.9 Å². The van der Waals surface area contributed by atoms with Crippen molar-refractivity contribution >= 4 is 11.6 Å². The van der Waals surface area contributed by atoms with Crippen LogP contribution in [-0.4, -0.2) is 19.0 Å². The minimum absolute atomic E-state index is 0.00921. The summed E-state index contributed by atoms with van der Waals surface area (Å²) in [5, 5.41) is 0. The standard InChI is InChI=1S/C11H14N2O/c1-13-10-5-3-2-4-8(10)6-7-9(12)11(13)14/h2-5,9H,6-7,12H2,1H3/t9-/m1/s1. The zero-order valence-corrected chi connectivity index (χ0v) is 8.23. The lowest BCUT2D eigenvalue weighted by molar-refractivity contribution is -0.119. The summed E-state index contributed by atoms with van der Waals surface area (Å²) in [5.74, 6) is 0.00921. The van der Waals surface area contributed by atoms with E-state index in [1.165, 1.54) is 5.56 Å². The predicted molar refractivity (Wildman–Crippen MR) is 56.1 cm³/mol. The number of hydrogen-bond donors (Lipinski definition) is 1. The van der Waals surface area contributed by atoms with Gasteiger partial charge in [0.15, 0.2) is 0 Å². The number of carbonyl (C=O) groups is 1. The number of nitrogens with zero attached hydrogens (tertiary/aromatic N) is 1. The van der Waals surface area contributed by atoms with Gasteiger partial charge in [0.1, 0.15) is 0 Å². The summed E-state index contributed by atoms with van der Waals surface area (Å²) in [6.45, 7) is 0. The van der Waals surface area contributed by atoms with E-state index in [1.54, 1.807) is 11.9 Å². The van der Waals surface area contributed by atoms with Crippen molar-refractivity contribution < 1.29 is 4.79 Å². The summed E-state index contributed by atoms with van der Waals surface area (Å²) in [5.41, 5.74) is 7.95. The zero-order valence-electron chi connectivity index (χ0n) is 8.23. The number of rotatable bonds is 0. The lowest BCUT2D eigenvalue weighted by atomic mass is 10.1. The number of hydrogen-bond acceptors (Lipinski definition) is 2. The number of carbonyl (C=O) groups excluding carboxylic acids is 1. The van der Waals surface area contributed by atoms with E-state index >= 15 is 0 Å². The lowest BCUT2D eigenvalue weighted by Gasteiger charge is -2.18. The van der Waals surface area contributed by atoms with Gasteiger partial charge in [0, 0.05) is 12.7 Å². The summed E-state index contributed by atoms with van der Waals surface area (Å²) >= 11 is 0. The van der Waals surface area contributed by atoms with Gasteiger partial charge in [-0.25, -0.2) is 0 Å². The fourth-order valence-corrected chi connectivity index (χ4v) is 1.85. The summed E-state index contributed by atoms with van der Waals surface area (Å²) in [4.78, 5) is 13.4. The fourth-order valence-electron chi connectivity index (χ4n) is 1.85. The largest absolute Gasteiger partial charge is 0.320 e. The molecule has 0 aliphatic carbocycles. The maximum Gasteiger partial charge on any atom is 0.243 e. The SMILES string of the molecule is CN1C(=O)[C@H](N)CCc2ccccc21. The minimum Gasteiger partial charge on any atom is -0.320 e. The van der Waals surface area contributed by atoms with E-state index in [0.29, 0.717) is 0 Å². The molecule has 74 valence electrons. The van der Waals surface area contributed by atoms with Crippen LogP contribution in [0.15, 0.2) is 24.3 Å². The second kappa shape index (κ2) is 3.42. The number of fused-ring (bicyclic) bond motifs is 1. The zero-order chi connectivity index (χ0) is 10.1. The smallest absolute Gasteiger partial charge is 0.243 e. The predicted octanol–water partition coefficient (Wildman–Crippen LogP) is 0.923. The van der Waals surface area contributed by atoms with Gasteiger partial charge in [-0.3, -0.25) is 4.79 Å². The van der Waals surface area contributed by atoms with E-state index in [2.05, 4.69) is 6.07 Å². The molecule has 1 heterocycles. The number of para-hydroxylation sites is 1. The summed E-state index contributed by atoms with van der Waals surface area (Å²) in [7, 11) is 1.78. The Kier molecular flexibility index (Phi) is 2.25. The van der Waals surface area contributed by atoms with E-state index in [0.717, 1.165) is 18.5 Å². The average Bonchev–Trinajstić information content (AvgIpc) is 2.32. The third-order valence-corrected chi connectivity index (χ3v) is 2.73. The molecule has 3 heteroatoms. The third-order valence-electron chi connectivity index (χ3n) is 2.73. The molecule has 1 aliphatic heterocycles. The van der Waals surface area contributed by atoms with Gasteiger partial charge in [-0.05, 0) is 24.5 Å². The first-order valence-electron chi connectivity index (χ1n) is 4.81. The number of aryl methyl sites for hydroxylation is 1. The normalized spacial score (nSPS) is 21.7. The second-order valence-electron chi connectivity index (χ2n) is 3.67. The van der Waals surface area contributed by atoms with Crippen LogP contribution in [0, 0.1) is 0 Å². The Hall–Kier alpha value is -1.35. The molecular formula is C11H14N2O. The van der Waals surface area contributed by atoms with Crippen LogP contribution in [0.2, 0.25) is 0 Å². The molecule has 0 saturated carbocycles. The molecular weight excluding hydrogens is 176 g/mol. The molecule has 0 radical (unpaired) electrons. The van der Waals surface area contributed by atoms with Crippen LogP contribution >= 0.6 is 0 Å². The molecule has 1 aromatic rings. The molecule has 1 aliphatic rings. The molecule has 14 heavy (non-hydrogen) atoms. The van der Waals surface area contributed by atoms with Crippen molar-refractivity contribution in [1.82, 2.24) is 0 Å². The maximum atomic E-state index is 11.7. The highest BCUT2D eigenvalue weighted by Gasteiger charge is 2.24. The van der Waals surface area contributed by atoms with E-state index in [-0.39, 0.29) is 11.9 Å². The van der Waals surface area contributed by atoms with Crippen LogP contribution in [0.5, 0.6) is 0 Å². The first kappa shape index (κ1) is 9.21. The molecule has 1 atom stereocenters. The molecule has 0 fully saturated rings. The highest BCUT2D eigenvalue weighted by molar-refractivity contribution is 5.97. The lowest BCUT2D eigenvalue weighted by Crippen LogP contribution is -2.40. The van der Waals surface area contributed by atoms with Crippen molar-refractivity contribution in [1.29, 1.82) is 0 Å². The van der Waals surface area contributed by atoms with Crippen LogP contribution in [0.3, 0.4) is 0 Å². The Morgan fingerprint density at radius 1 is 1.43 bits per heavy atom. The molecule has 1 amide bonds. The minimum atomic E-state index is -0.354. The van der Waals surface area contributed by atoms with Gasteiger partial charge >= 0.3 is 0 Å². The molecule has 0 unspecified atom stereocenters. The van der Waals surface area contributed by atoms with Crippen LogP contribution in [-0.2, 0) is 11.2 Å². The molecule has 3 nitrogen and oxygen atoms in total. The Morgan fingerprint density at radius 2 is 2.14 bits per heavy atom. The Bertz CT molecular complexity index is 362. The molecule has 0 bridgehead atoms. The van der Waals surface area contributed by atoms with Crippen molar-refractivity contribution in [3.05, 3.63) is 29.8 Å². The van der Waals surface area contributed by atoms with E-state index in [9.17, 15) is 4.79 Å². The van der Waals surface area contributed by atoms with Gasteiger partial charge < -0.3 is 10.6 Å². The fraction of sp³-hybridized carbons (Fsp3) is 0.364. The van der Waals surface area contributed by atoms with E-state index in [4.69, 9.17) is 5.73 Å². The topological polar surface area (TPSA) is 46.3 Å². The van der Waals surface area contributed by atoms with Gasteiger partial charge in [0.25, 0.3) is 0 Å². The molecule has 2 N–H and O–H groups in total. The van der Waals surface area contributed by atoms with Gasteiger partial charge in [-0.1, -0.05) is 18.2 Å². The molecule has 0 aromatic heterocycles. The van der Waals surface area contributed by atoms with Crippen LogP contribution < -0.4 is 10.6 Å². The number of likely N-dealkylation sites (N-methyl/N-ethyl adjacent to an activating group) is 1. The first-order valence-corrected chi connectivity index (χ1v) is 4.81. The third kappa shape index (κ3) is 1.40. The van der Waals surface area contributed by atoms with Crippen LogP contribution in [0.4, 0.5) is 5.69 Å². The van der Waals surface area contributed by atoms with Crippen molar-refractivity contribution in [2.45, 2.75) is 18.9 Å². The van der Waals surface area contributed by atoms with Gasteiger partial charge in [-0.2, -0.15) is 0 Å². The highest BCUT2D eigenvalue weighted by atomic mass is 16.2. The number of benzene rings is 1. The van der Waals surface area contributed by atoms with Gasteiger partial charge in [0.05, 0.1) is 6.04 Å². The van der Waals surface area contributed by atoms with E-state index in [1.807, 2.05) is 18.2 Å². The van der Waals surface area contributed by atoms with Crippen LogP contribution in [0.25, 0.3) is 0 Å². The number of amides is 1. The number of anilines is 1. The molecule has 0 spiro atoms. The van der Waals surface area contributed by atoms with Crippen molar-refractivity contribution in [3.63, 3.8) is 0 Å². The number of nitrogens with two attached hydrogens (primary N) is 1.